The quantitative estimate of drug-likeness (QED) is 0.830. The minimum atomic E-state index is -0.371. The van der Waals surface area contributed by atoms with Gasteiger partial charge in [0.25, 0.3) is 0 Å². The van der Waals surface area contributed by atoms with E-state index >= 15 is 0 Å². The van der Waals surface area contributed by atoms with Crippen molar-refractivity contribution in [3.63, 3.8) is 0 Å². The van der Waals surface area contributed by atoms with Gasteiger partial charge < -0.3 is 15.3 Å². The Bertz CT molecular complexity index is 737. The summed E-state index contributed by atoms with van der Waals surface area (Å²) >= 11 is 0. The summed E-state index contributed by atoms with van der Waals surface area (Å²) in [6, 6.07) is 8.81. The zero-order valence-corrected chi connectivity index (χ0v) is 15.5. The van der Waals surface area contributed by atoms with Crippen molar-refractivity contribution in [3.05, 3.63) is 48.0 Å². The van der Waals surface area contributed by atoms with Gasteiger partial charge in [0, 0.05) is 37.7 Å². The minimum absolute atomic E-state index is 0.189. The van der Waals surface area contributed by atoms with Crippen molar-refractivity contribution in [3.8, 4) is 0 Å². The number of anilines is 2. The highest BCUT2D eigenvalue weighted by Crippen LogP contribution is 2.27. The van der Waals surface area contributed by atoms with E-state index in [1.807, 2.05) is 32.0 Å². The fourth-order valence-electron chi connectivity index (χ4n) is 3.46. The van der Waals surface area contributed by atoms with Gasteiger partial charge in [0.1, 0.15) is 23.8 Å². The lowest BCUT2D eigenvalue weighted by molar-refractivity contribution is 0.208. The van der Waals surface area contributed by atoms with Gasteiger partial charge in [0.15, 0.2) is 0 Å². The molecule has 0 spiro atoms. The van der Waals surface area contributed by atoms with E-state index in [0.717, 1.165) is 37.6 Å². The third kappa shape index (κ3) is 4.30. The first-order chi connectivity index (χ1) is 12.5. The van der Waals surface area contributed by atoms with Gasteiger partial charge in [-0.3, -0.25) is 0 Å². The van der Waals surface area contributed by atoms with Crippen molar-refractivity contribution in [1.82, 2.24) is 9.97 Å². The first-order valence-electron chi connectivity index (χ1n) is 9.16. The van der Waals surface area contributed by atoms with E-state index in [-0.39, 0.29) is 17.8 Å². The van der Waals surface area contributed by atoms with E-state index in [1.54, 1.807) is 12.4 Å². The highest BCUT2D eigenvalue weighted by Gasteiger charge is 2.24. The Kier molecular flexibility index (Phi) is 5.71. The second-order valence-electron chi connectivity index (χ2n) is 7.62. The molecule has 140 valence electrons. The molecule has 0 saturated carbocycles. The maximum absolute atomic E-state index is 14.1. The highest BCUT2D eigenvalue weighted by molar-refractivity contribution is 5.49. The number of halogens is 1. The fraction of sp³-hybridized carbons (Fsp3) is 0.500. The van der Waals surface area contributed by atoms with Crippen molar-refractivity contribution in [2.45, 2.75) is 32.1 Å². The smallest absolute Gasteiger partial charge is 0.134 e. The monoisotopic (exact) mass is 358 g/mol. The van der Waals surface area contributed by atoms with E-state index in [2.05, 4.69) is 20.2 Å². The Morgan fingerprint density at radius 3 is 2.88 bits per heavy atom. The van der Waals surface area contributed by atoms with Gasteiger partial charge in [-0.05, 0) is 30.4 Å². The molecule has 2 aromatic rings. The molecule has 1 fully saturated rings. The third-order valence-electron chi connectivity index (χ3n) is 5.07. The van der Waals surface area contributed by atoms with Crippen LogP contribution in [0, 0.1) is 11.7 Å². The molecule has 1 aromatic carbocycles. The molecule has 5 nitrogen and oxygen atoms in total. The first-order valence-corrected chi connectivity index (χ1v) is 9.16. The van der Waals surface area contributed by atoms with Gasteiger partial charge in [-0.1, -0.05) is 32.0 Å². The van der Waals surface area contributed by atoms with Crippen LogP contribution < -0.4 is 10.2 Å². The summed E-state index contributed by atoms with van der Waals surface area (Å²) < 4.78 is 14.1. The molecule has 3 rings (SSSR count). The Balaban J connectivity index is 1.68. The number of rotatable bonds is 6. The Labute approximate surface area is 154 Å². The van der Waals surface area contributed by atoms with Crippen molar-refractivity contribution < 1.29 is 9.50 Å². The molecular weight excluding hydrogens is 331 g/mol. The molecular formula is C20H27FN4O. The van der Waals surface area contributed by atoms with E-state index in [1.165, 1.54) is 6.07 Å². The van der Waals surface area contributed by atoms with Crippen LogP contribution in [0.3, 0.4) is 0 Å². The summed E-state index contributed by atoms with van der Waals surface area (Å²) in [6.07, 6.45) is 3.66. The van der Waals surface area contributed by atoms with Crippen molar-refractivity contribution >= 4 is 11.6 Å². The van der Waals surface area contributed by atoms with E-state index < -0.39 is 0 Å². The van der Waals surface area contributed by atoms with Crippen LogP contribution in [0.2, 0.25) is 0 Å². The van der Waals surface area contributed by atoms with Gasteiger partial charge in [-0.25, -0.2) is 14.4 Å². The molecule has 1 aliphatic rings. The SMILES string of the molecule is CC(C)(CNc1cc(N2CCCC(CO)C2)ncn1)c1ccccc1F. The van der Waals surface area contributed by atoms with Gasteiger partial charge >= 0.3 is 0 Å². The van der Waals surface area contributed by atoms with E-state index in [0.29, 0.717) is 18.0 Å². The predicted molar refractivity (Wildman–Crippen MR) is 102 cm³/mol. The molecule has 1 unspecified atom stereocenters. The summed E-state index contributed by atoms with van der Waals surface area (Å²) in [6.45, 7) is 6.54. The highest BCUT2D eigenvalue weighted by atomic mass is 19.1. The number of piperidine rings is 1. The number of benzene rings is 1. The fourth-order valence-corrected chi connectivity index (χ4v) is 3.46. The lowest BCUT2D eigenvalue weighted by atomic mass is 9.84. The predicted octanol–water partition coefficient (Wildman–Crippen LogP) is 3.21. The zero-order chi connectivity index (χ0) is 18.6. The lowest BCUT2D eigenvalue weighted by Gasteiger charge is -2.33. The lowest BCUT2D eigenvalue weighted by Crippen LogP contribution is -2.37. The molecule has 1 aromatic heterocycles. The van der Waals surface area contributed by atoms with Gasteiger partial charge in [-0.2, -0.15) is 0 Å². The summed E-state index contributed by atoms with van der Waals surface area (Å²) in [5, 5.41) is 12.7. The molecule has 1 saturated heterocycles. The van der Waals surface area contributed by atoms with Gasteiger partial charge in [-0.15, -0.1) is 0 Å². The number of aliphatic hydroxyl groups excluding tert-OH is 1. The minimum Gasteiger partial charge on any atom is -0.396 e. The standard InChI is InChI=1S/C20H27FN4O/c1-20(2,16-7-3-4-8-17(16)21)13-22-18-10-19(24-14-23-18)25-9-5-6-15(11-25)12-26/h3-4,7-8,10,14-15,26H,5-6,9,11-13H2,1-2H3,(H,22,23,24). The van der Waals surface area contributed by atoms with Gasteiger partial charge in [0.05, 0.1) is 0 Å². The summed E-state index contributed by atoms with van der Waals surface area (Å²) in [4.78, 5) is 10.9. The Hall–Kier alpha value is -2.21. The van der Waals surface area contributed by atoms with Crippen molar-refractivity contribution in [2.24, 2.45) is 5.92 Å². The third-order valence-corrected chi connectivity index (χ3v) is 5.07. The van der Waals surface area contributed by atoms with Crippen LogP contribution in [-0.2, 0) is 5.41 Å². The number of aromatic nitrogens is 2. The second kappa shape index (κ2) is 7.99. The van der Waals surface area contributed by atoms with Crippen molar-refractivity contribution in [2.75, 3.05) is 36.5 Å². The number of hydrogen-bond donors (Lipinski definition) is 2. The number of aliphatic hydroxyl groups is 1. The molecule has 2 N–H and O–H groups in total. The molecule has 0 amide bonds. The van der Waals surface area contributed by atoms with Crippen LogP contribution in [0.25, 0.3) is 0 Å². The average Bonchev–Trinajstić information content (AvgIpc) is 2.67. The van der Waals surface area contributed by atoms with E-state index in [9.17, 15) is 9.50 Å². The topological polar surface area (TPSA) is 61.3 Å². The Morgan fingerprint density at radius 2 is 2.12 bits per heavy atom. The summed E-state index contributed by atoms with van der Waals surface area (Å²) in [5.74, 6) is 1.70. The normalized spacial score (nSPS) is 18.0. The van der Waals surface area contributed by atoms with Crippen LogP contribution in [0.15, 0.2) is 36.7 Å². The van der Waals surface area contributed by atoms with E-state index in [4.69, 9.17) is 0 Å². The number of hydrogen-bond acceptors (Lipinski definition) is 5. The zero-order valence-electron chi connectivity index (χ0n) is 15.5. The molecule has 0 bridgehead atoms. The largest absolute Gasteiger partial charge is 0.396 e. The molecule has 1 atom stereocenters. The molecule has 0 radical (unpaired) electrons. The number of nitrogens with zero attached hydrogens (tertiary/aromatic N) is 3. The summed E-state index contributed by atoms with van der Waals surface area (Å²) in [7, 11) is 0. The maximum atomic E-state index is 14.1. The molecule has 26 heavy (non-hydrogen) atoms. The second-order valence-corrected chi connectivity index (χ2v) is 7.62. The molecule has 0 aliphatic carbocycles. The van der Waals surface area contributed by atoms with Crippen LogP contribution in [0.4, 0.5) is 16.0 Å². The molecule has 2 heterocycles. The maximum Gasteiger partial charge on any atom is 0.134 e. The van der Waals surface area contributed by atoms with Crippen molar-refractivity contribution in [1.29, 1.82) is 0 Å². The first kappa shape index (κ1) is 18.6. The molecule has 6 heteroatoms. The summed E-state index contributed by atoms with van der Waals surface area (Å²) in [5.41, 5.74) is 0.312. The average molecular weight is 358 g/mol. The molecule has 1 aliphatic heterocycles. The van der Waals surface area contributed by atoms with Gasteiger partial charge in [0.2, 0.25) is 0 Å². The van der Waals surface area contributed by atoms with Crippen LogP contribution in [0.5, 0.6) is 0 Å². The Morgan fingerprint density at radius 1 is 1.31 bits per heavy atom. The van der Waals surface area contributed by atoms with Crippen LogP contribution in [0.1, 0.15) is 32.3 Å². The number of nitrogens with one attached hydrogen (secondary N) is 1. The van der Waals surface area contributed by atoms with Crippen LogP contribution in [-0.4, -0.2) is 41.3 Å². The van der Waals surface area contributed by atoms with Crippen LogP contribution >= 0.6 is 0 Å².